The van der Waals surface area contributed by atoms with Gasteiger partial charge in [-0.1, -0.05) is 17.3 Å². The minimum atomic E-state index is -0.449. The number of halogens is 1. The number of carbonyl (C=O) groups excluding carboxylic acids is 1. The first kappa shape index (κ1) is 18.9. The number of hydrogen-bond acceptors (Lipinski definition) is 6. The Labute approximate surface area is 167 Å². The van der Waals surface area contributed by atoms with E-state index in [1.54, 1.807) is 25.3 Å². The quantitative estimate of drug-likeness (QED) is 0.708. The summed E-state index contributed by atoms with van der Waals surface area (Å²) >= 11 is 0. The summed E-state index contributed by atoms with van der Waals surface area (Å²) in [4.78, 5) is 19.0. The lowest BCUT2D eigenvalue weighted by molar-refractivity contribution is -0.120. The molecule has 0 spiro atoms. The van der Waals surface area contributed by atoms with E-state index in [1.165, 1.54) is 6.07 Å². The van der Waals surface area contributed by atoms with E-state index in [2.05, 4.69) is 15.5 Å². The molecule has 1 atom stereocenters. The van der Waals surface area contributed by atoms with Crippen molar-refractivity contribution in [1.82, 2.24) is 10.1 Å². The maximum absolute atomic E-state index is 13.8. The lowest BCUT2D eigenvalue weighted by Crippen LogP contribution is -2.41. The molecule has 1 aliphatic rings. The predicted molar refractivity (Wildman–Crippen MR) is 106 cm³/mol. The van der Waals surface area contributed by atoms with Crippen LogP contribution in [0, 0.1) is 11.7 Å². The van der Waals surface area contributed by atoms with Crippen LogP contribution in [-0.2, 0) is 4.79 Å². The topological polar surface area (TPSA) is 80.5 Å². The fourth-order valence-corrected chi connectivity index (χ4v) is 3.36. The minimum Gasteiger partial charge on any atom is -0.497 e. The number of hydrogen-bond donors (Lipinski definition) is 1. The molecule has 7 nitrogen and oxygen atoms in total. The van der Waals surface area contributed by atoms with Crippen LogP contribution >= 0.6 is 0 Å². The van der Waals surface area contributed by atoms with Crippen molar-refractivity contribution in [3.8, 4) is 17.1 Å². The molecule has 0 unspecified atom stereocenters. The third kappa shape index (κ3) is 4.21. The molecule has 0 saturated carbocycles. The van der Waals surface area contributed by atoms with Crippen molar-refractivity contribution in [2.24, 2.45) is 5.92 Å². The first-order chi connectivity index (χ1) is 14.1. The number of rotatable bonds is 5. The van der Waals surface area contributed by atoms with Crippen molar-refractivity contribution in [2.75, 3.05) is 30.4 Å². The van der Waals surface area contributed by atoms with Crippen LogP contribution in [0.1, 0.15) is 12.8 Å². The highest BCUT2D eigenvalue weighted by Gasteiger charge is 2.29. The highest BCUT2D eigenvalue weighted by atomic mass is 19.1. The second-order valence-corrected chi connectivity index (χ2v) is 6.88. The molecular weight excluding hydrogens is 375 g/mol. The molecule has 0 bridgehead atoms. The highest BCUT2D eigenvalue weighted by molar-refractivity contribution is 5.93. The zero-order valence-corrected chi connectivity index (χ0v) is 16.0. The van der Waals surface area contributed by atoms with Gasteiger partial charge in [-0.2, -0.15) is 4.98 Å². The maximum Gasteiger partial charge on any atom is 0.324 e. The number of ether oxygens (including phenoxy) is 1. The van der Waals surface area contributed by atoms with Crippen LogP contribution < -0.4 is 15.0 Å². The van der Waals surface area contributed by atoms with Crippen LogP contribution in [0.15, 0.2) is 53.1 Å². The molecule has 2 aromatic carbocycles. The Hall–Kier alpha value is -3.42. The summed E-state index contributed by atoms with van der Waals surface area (Å²) < 4.78 is 24.4. The SMILES string of the molecule is COc1ccc(-c2noc(N3CCC[C@@H](C(=O)Nc4ccccc4F)C3)n2)cc1. The van der Waals surface area contributed by atoms with E-state index in [-0.39, 0.29) is 17.5 Å². The maximum atomic E-state index is 13.8. The molecule has 8 heteroatoms. The summed E-state index contributed by atoms with van der Waals surface area (Å²) in [5, 5.41) is 6.72. The molecule has 1 fully saturated rings. The third-order valence-corrected chi connectivity index (χ3v) is 4.96. The number of carbonyl (C=O) groups is 1. The second-order valence-electron chi connectivity index (χ2n) is 6.88. The van der Waals surface area contributed by atoms with Gasteiger partial charge in [0.1, 0.15) is 11.6 Å². The minimum absolute atomic E-state index is 0.189. The van der Waals surface area contributed by atoms with Gasteiger partial charge in [0.25, 0.3) is 0 Å². The zero-order valence-electron chi connectivity index (χ0n) is 16.0. The first-order valence-electron chi connectivity index (χ1n) is 9.42. The smallest absolute Gasteiger partial charge is 0.324 e. The van der Waals surface area contributed by atoms with Crippen LogP contribution in [0.2, 0.25) is 0 Å². The van der Waals surface area contributed by atoms with E-state index in [4.69, 9.17) is 9.26 Å². The van der Waals surface area contributed by atoms with Gasteiger partial charge in [0.15, 0.2) is 0 Å². The Morgan fingerprint density at radius 1 is 1.24 bits per heavy atom. The third-order valence-electron chi connectivity index (χ3n) is 4.96. The van der Waals surface area contributed by atoms with Gasteiger partial charge >= 0.3 is 6.01 Å². The van der Waals surface area contributed by atoms with Crippen LogP contribution in [-0.4, -0.2) is 36.2 Å². The lowest BCUT2D eigenvalue weighted by Gasteiger charge is -2.30. The molecule has 1 aliphatic heterocycles. The normalized spacial score (nSPS) is 16.5. The van der Waals surface area contributed by atoms with Crippen LogP contribution in [0.5, 0.6) is 5.75 Å². The standard InChI is InChI=1S/C21H21FN4O3/c1-28-16-10-8-14(9-11-16)19-24-21(29-25-19)26-12-4-5-15(13-26)20(27)23-18-7-3-2-6-17(18)22/h2-3,6-11,15H,4-5,12-13H2,1H3,(H,23,27)/t15-/m1/s1. The number of aromatic nitrogens is 2. The number of nitrogens with zero attached hydrogens (tertiary/aromatic N) is 3. The van der Waals surface area contributed by atoms with Crippen molar-refractivity contribution in [2.45, 2.75) is 12.8 Å². The van der Waals surface area contributed by atoms with Gasteiger partial charge in [-0.05, 0) is 49.2 Å². The van der Waals surface area contributed by atoms with Gasteiger partial charge in [0, 0.05) is 18.7 Å². The molecule has 150 valence electrons. The van der Waals surface area contributed by atoms with Crippen molar-refractivity contribution >= 4 is 17.6 Å². The number of amides is 1. The molecule has 0 radical (unpaired) electrons. The van der Waals surface area contributed by atoms with Crippen LogP contribution in [0.3, 0.4) is 0 Å². The van der Waals surface area contributed by atoms with Gasteiger partial charge in [-0.3, -0.25) is 4.79 Å². The van der Waals surface area contributed by atoms with Crippen molar-refractivity contribution in [3.05, 3.63) is 54.3 Å². The van der Waals surface area contributed by atoms with Crippen LogP contribution in [0.4, 0.5) is 16.1 Å². The summed E-state index contributed by atoms with van der Waals surface area (Å²) in [5.74, 6) is 0.265. The molecule has 1 amide bonds. The molecule has 0 aliphatic carbocycles. The second kappa shape index (κ2) is 8.30. The summed E-state index contributed by atoms with van der Waals surface area (Å²) in [6.45, 7) is 1.15. The van der Waals surface area contributed by atoms with E-state index in [1.807, 2.05) is 29.2 Å². The van der Waals surface area contributed by atoms with E-state index >= 15 is 0 Å². The number of methoxy groups -OCH3 is 1. The number of nitrogens with one attached hydrogen (secondary N) is 1. The van der Waals surface area contributed by atoms with Gasteiger partial charge in [-0.25, -0.2) is 4.39 Å². The number of benzene rings is 2. The molecule has 4 rings (SSSR count). The average molecular weight is 396 g/mol. The summed E-state index contributed by atoms with van der Waals surface area (Å²) in [6.07, 6.45) is 1.52. The van der Waals surface area contributed by atoms with Crippen molar-refractivity contribution in [3.63, 3.8) is 0 Å². The Morgan fingerprint density at radius 3 is 2.79 bits per heavy atom. The summed E-state index contributed by atoms with van der Waals surface area (Å²) in [7, 11) is 1.61. The van der Waals surface area contributed by atoms with Gasteiger partial charge in [0.2, 0.25) is 11.7 Å². The lowest BCUT2D eigenvalue weighted by atomic mass is 9.97. The molecule has 1 saturated heterocycles. The van der Waals surface area contributed by atoms with E-state index in [9.17, 15) is 9.18 Å². The Bertz CT molecular complexity index is 990. The fourth-order valence-electron chi connectivity index (χ4n) is 3.36. The van der Waals surface area contributed by atoms with Crippen molar-refractivity contribution < 1.29 is 18.4 Å². The monoisotopic (exact) mass is 396 g/mol. The Kier molecular flexibility index (Phi) is 5.41. The highest BCUT2D eigenvalue weighted by Crippen LogP contribution is 2.26. The molecule has 3 aromatic rings. The van der Waals surface area contributed by atoms with Gasteiger partial charge in [0.05, 0.1) is 18.7 Å². The van der Waals surface area contributed by atoms with E-state index in [0.717, 1.165) is 24.2 Å². The Morgan fingerprint density at radius 2 is 2.03 bits per heavy atom. The molecular formula is C21H21FN4O3. The number of piperidine rings is 1. The number of para-hydroxylation sites is 1. The molecule has 29 heavy (non-hydrogen) atoms. The molecule has 2 heterocycles. The largest absolute Gasteiger partial charge is 0.497 e. The van der Waals surface area contributed by atoms with E-state index < -0.39 is 5.82 Å². The first-order valence-corrected chi connectivity index (χ1v) is 9.42. The van der Waals surface area contributed by atoms with Crippen molar-refractivity contribution in [1.29, 1.82) is 0 Å². The molecule has 1 aromatic heterocycles. The van der Waals surface area contributed by atoms with Crippen LogP contribution in [0.25, 0.3) is 11.4 Å². The summed E-state index contributed by atoms with van der Waals surface area (Å²) in [6, 6.07) is 13.9. The average Bonchev–Trinajstić information content (AvgIpc) is 3.26. The van der Waals surface area contributed by atoms with Gasteiger partial charge < -0.3 is 19.5 Å². The number of anilines is 2. The fraction of sp³-hybridized carbons (Fsp3) is 0.286. The van der Waals surface area contributed by atoms with Gasteiger partial charge in [-0.15, -0.1) is 0 Å². The Balaban J connectivity index is 1.44. The zero-order chi connectivity index (χ0) is 20.2. The van der Waals surface area contributed by atoms with E-state index in [0.29, 0.717) is 24.9 Å². The summed E-state index contributed by atoms with van der Waals surface area (Å²) in [5.41, 5.74) is 1.00. The predicted octanol–water partition coefficient (Wildman–Crippen LogP) is 3.74. The molecule has 1 N–H and O–H groups in total.